The summed E-state index contributed by atoms with van der Waals surface area (Å²) in [6.07, 6.45) is 0.956. The quantitative estimate of drug-likeness (QED) is 0.719. The first kappa shape index (κ1) is 13.3. The van der Waals surface area contributed by atoms with Gasteiger partial charge in [-0.1, -0.05) is 6.92 Å². The summed E-state index contributed by atoms with van der Waals surface area (Å²) in [5, 5.41) is 2.70. The van der Waals surface area contributed by atoms with Crippen LogP contribution in [0.3, 0.4) is 0 Å². The second-order valence-corrected chi connectivity index (χ2v) is 7.12. The fraction of sp³-hybridized carbons (Fsp3) is 1.00. The number of hydrogen-bond donors (Lipinski definition) is 2. The van der Waals surface area contributed by atoms with Crippen molar-refractivity contribution in [1.82, 2.24) is 10.0 Å². The maximum Gasteiger partial charge on any atom is 0.215 e. The summed E-state index contributed by atoms with van der Waals surface area (Å²) in [5.41, 5.74) is 0. The number of nitrogens with one attached hydrogen (secondary N) is 2. The Balaban J connectivity index is 2.42. The highest BCUT2D eigenvalue weighted by atomic mass is 32.2. The maximum atomic E-state index is 11.8. The monoisotopic (exact) mass is 252 g/mol. The number of sulfonamides is 1. The first-order valence-electron chi connectivity index (χ1n) is 5.36. The first-order valence-corrected chi connectivity index (χ1v) is 8.06. The minimum absolute atomic E-state index is 0.143. The standard InChI is InChI=1S/C9H20N2O2S2/c1-3-10-6-8(2)15(12,13)11-9-4-5-14-7-9/h8-11H,3-7H2,1-2H3. The second-order valence-electron chi connectivity index (χ2n) is 3.84. The van der Waals surface area contributed by atoms with E-state index in [2.05, 4.69) is 10.0 Å². The van der Waals surface area contributed by atoms with Gasteiger partial charge in [-0.15, -0.1) is 0 Å². The molecule has 1 aliphatic rings. The van der Waals surface area contributed by atoms with Gasteiger partial charge < -0.3 is 5.32 Å². The third kappa shape index (κ3) is 4.30. The molecule has 4 nitrogen and oxygen atoms in total. The van der Waals surface area contributed by atoms with E-state index in [1.54, 1.807) is 6.92 Å². The van der Waals surface area contributed by atoms with Crippen molar-refractivity contribution in [2.24, 2.45) is 0 Å². The molecule has 2 atom stereocenters. The Morgan fingerprint density at radius 1 is 1.53 bits per heavy atom. The van der Waals surface area contributed by atoms with Crippen molar-refractivity contribution >= 4 is 21.8 Å². The number of rotatable bonds is 6. The van der Waals surface area contributed by atoms with E-state index in [0.717, 1.165) is 24.5 Å². The molecular formula is C9H20N2O2S2. The van der Waals surface area contributed by atoms with Gasteiger partial charge in [-0.25, -0.2) is 13.1 Å². The molecule has 1 saturated heterocycles. The summed E-state index contributed by atoms with van der Waals surface area (Å²) >= 11 is 1.81. The summed E-state index contributed by atoms with van der Waals surface area (Å²) in [6.45, 7) is 5.04. The van der Waals surface area contributed by atoms with Crippen molar-refractivity contribution < 1.29 is 8.42 Å². The van der Waals surface area contributed by atoms with Crippen molar-refractivity contribution in [2.75, 3.05) is 24.6 Å². The van der Waals surface area contributed by atoms with E-state index in [4.69, 9.17) is 0 Å². The van der Waals surface area contributed by atoms with Crippen LogP contribution in [0.25, 0.3) is 0 Å². The average molecular weight is 252 g/mol. The van der Waals surface area contributed by atoms with E-state index >= 15 is 0 Å². The molecule has 0 saturated carbocycles. The van der Waals surface area contributed by atoms with E-state index in [0.29, 0.717) is 6.54 Å². The minimum atomic E-state index is -3.14. The van der Waals surface area contributed by atoms with Crippen LogP contribution in [0, 0.1) is 0 Å². The molecule has 0 spiro atoms. The molecule has 0 aromatic heterocycles. The Morgan fingerprint density at radius 3 is 2.80 bits per heavy atom. The fourth-order valence-corrected chi connectivity index (χ4v) is 3.93. The molecule has 0 aromatic rings. The lowest BCUT2D eigenvalue weighted by molar-refractivity contribution is 0.544. The lowest BCUT2D eigenvalue weighted by Crippen LogP contribution is -2.43. The van der Waals surface area contributed by atoms with E-state index < -0.39 is 10.0 Å². The van der Waals surface area contributed by atoms with Crippen LogP contribution in [0.5, 0.6) is 0 Å². The lowest BCUT2D eigenvalue weighted by atomic mass is 10.3. The molecule has 0 aliphatic carbocycles. The highest BCUT2D eigenvalue weighted by Crippen LogP contribution is 2.18. The summed E-state index contributed by atoms with van der Waals surface area (Å²) in [5.74, 6) is 1.97. The van der Waals surface area contributed by atoms with Gasteiger partial charge in [0.25, 0.3) is 0 Å². The molecular weight excluding hydrogens is 232 g/mol. The number of hydrogen-bond acceptors (Lipinski definition) is 4. The zero-order valence-corrected chi connectivity index (χ0v) is 11.0. The summed E-state index contributed by atoms with van der Waals surface area (Å²) in [7, 11) is -3.14. The molecule has 15 heavy (non-hydrogen) atoms. The van der Waals surface area contributed by atoms with Crippen molar-refractivity contribution in [2.45, 2.75) is 31.6 Å². The van der Waals surface area contributed by atoms with Gasteiger partial charge in [0.1, 0.15) is 0 Å². The normalized spacial score (nSPS) is 24.3. The first-order chi connectivity index (χ1) is 7.06. The zero-order valence-electron chi connectivity index (χ0n) is 9.32. The van der Waals surface area contributed by atoms with Crippen LogP contribution in [0.2, 0.25) is 0 Å². The van der Waals surface area contributed by atoms with Gasteiger partial charge in [0.15, 0.2) is 0 Å². The molecule has 1 fully saturated rings. The Kier molecular flexibility index (Phi) is 5.38. The molecule has 0 bridgehead atoms. The van der Waals surface area contributed by atoms with Crippen LogP contribution in [0.1, 0.15) is 20.3 Å². The van der Waals surface area contributed by atoms with Gasteiger partial charge in [-0.05, 0) is 25.6 Å². The van der Waals surface area contributed by atoms with E-state index in [1.165, 1.54) is 0 Å². The second kappa shape index (κ2) is 6.08. The molecule has 1 aliphatic heterocycles. The fourth-order valence-electron chi connectivity index (χ4n) is 1.43. The molecule has 0 aromatic carbocycles. The van der Waals surface area contributed by atoms with Crippen molar-refractivity contribution in [3.63, 3.8) is 0 Å². The Bertz CT molecular complexity index is 274. The van der Waals surface area contributed by atoms with E-state index in [9.17, 15) is 8.42 Å². The van der Waals surface area contributed by atoms with E-state index in [-0.39, 0.29) is 11.3 Å². The molecule has 2 unspecified atom stereocenters. The summed E-state index contributed by atoms with van der Waals surface area (Å²) in [4.78, 5) is 0. The van der Waals surface area contributed by atoms with Crippen LogP contribution in [0.15, 0.2) is 0 Å². The van der Waals surface area contributed by atoms with Crippen LogP contribution >= 0.6 is 11.8 Å². The molecule has 0 amide bonds. The SMILES string of the molecule is CCNCC(C)S(=O)(=O)NC1CCSC1. The summed E-state index contributed by atoms with van der Waals surface area (Å²) < 4.78 is 26.4. The third-order valence-corrected chi connectivity index (χ3v) is 5.52. The molecule has 2 N–H and O–H groups in total. The molecule has 6 heteroatoms. The van der Waals surface area contributed by atoms with Gasteiger partial charge in [-0.2, -0.15) is 11.8 Å². The van der Waals surface area contributed by atoms with Gasteiger partial charge >= 0.3 is 0 Å². The lowest BCUT2D eigenvalue weighted by Gasteiger charge is -2.17. The highest BCUT2D eigenvalue weighted by Gasteiger charge is 2.25. The Morgan fingerprint density at radius 2 is 2.27 bits per heavy atom. The van der Waals surface area contributed by atoms with Crippen LogP contribution in [-0.2, 0) is 10.0 Å². The third-order valence-electron chi connectivity index (χ3n) is 2.47. The van der Waals surface area contributed by atoms with Gasteiger partial charge in [0, 0.05) is 18.3 Å². The van der Waals surface area contributed by atoms with Crippen LogP contribution in [0.4, 0.5) is 0 Å². The van der Waals surface area contributed by atoms with Crippen molar-refractivity contribution in [1.29, 1.82) is 0 Å². The predicted molar refractivity (Wildman–Crippen MR) is 65.8 cm³/mol. The topological polar surface area (TPSA) is 58.2 Å². The predicted octanol–water partition coefficient (Wildman–Crippen LogP) is 0.409. The van der Waals surface area contributed by atoms with Crippen molar-refractivity contribution in [3.8, 4) is 0 Å². The van der Waals surface area contributed by atoms with Gasteiger partial charge in [-0.3, -0.25) is 0 Å². The molecule has 1 rings (SSSR count). The Labute approximate surface area is 96.6 Å². The highest BCUT2D eigenvalue weighted by molar-refractivity contribution is 7.99. The minimum Gasteiger partial charge on any atom is -0.316 e. The average Bonchev–Trinajstić information content (AvgIpc) is 2.65. The van der Waals surface area contributed by atoms with Gasteiger partial charge in [0.2, 0.25) is 10.0 Å². The largest absolute Gasteiger partial charge is 0.316 e. The Hall–Kier alpha value is 0.220. The molecule has 90 valence electrons. The van der Waals surface area contributed by atoms with Crippen LogP contribution in [-0.4, -0.2) is 44.3 Å². The van der Waals surface area contributed by atoms with Gasteiger partial charge in [0.05, 0.1) is 5.25 Å². The zero-order chi connectivity index (χ0) is 11.3. The summed E-state index contributed by atoms with van der Waals surface area (Å²) in [6, 6.07) is 0.143. The van der Waals surface area contributed by atoms with Crippen molar-refractivity contribution in [3.05, 3.63) is 0 Å². The van der Waals surface area contributed by atoms with Crippen LogP contribution < -0.4 is 10.0 Å². The maximum absolute atomic E-state index is 11.8. The van der Waals surface area contributed by atoms with E-state index in [1.807, 2.05) is 18.7 Å². The smallest absolute Gasteiger partial charge is 0.215 e. The molecule has 0 radical (unpaired) electrons. The molecule has 1 heterocycles. The number of thioether (sulfide) groups is 1.